The molecule has 2 aliphatic rings. The van der Waals surface area contributed by atoms with Crippen molar-refractivity contribution >= 4 is 11.6 Å². The fourth-order valence-corrected chi connectivity index (χ4v) is 4.61. The van der Waals surface area contributed by atoms with Gasteiger partial charge in [0.2, 0.25) is 0 Å². The molecule has 1 saturated carbocycles. The number of pyridine rings is 1. The molecule has 0 spiro atoms. The first kappa shape index (κ1) is 25.4. The molecule has 3 aromatic rings. The molecule has 9 nitrogen and oxygen atoms in total. The second kappa shape index (κ2) is 10.2. The number of benzene rings is 1. The maximum Gasteiger partial charge on any atom is 0.387 e. The van der Waals surface area contributed by atoms with Crippen molar-refractivity contribution in [3.05, 3.63) is 47.8 Å². The van der Waals surface area contributed by atoms with Gasteiger partial charge in [0.25, 0.3) is 5.91 Å². The first-order valence-corrected chi connectivity index (χ1v) is 12.2. The Morgan fingerprint density at radius 2 is 2.00 bits per heavy atom. The number of aromatic nitrogens is 2. The van der Waals surface area contributed by atoms with Crippen molar-refractivity contribution in [1.29, 1.82) is 0 Å². The lowest BCUT2D eigenvalue weighted by Gasteiger charge is -2.34. The minimum absolute atomic E-state index is 0.0321. The fourth-order valence-electron chi connectivity index (χ4n) is 4.61. The summed E-state index contributed by atoms with van der Waals surface area (Å²) in [6.45, 7) is 1.89. The average molecular weight is 517 g/mol. The van der Waals surface area contributed by atoms with Crippen LogP contribution in [0.2, 0.25) is 0 Å². The summed E-state index contributed by atoms with van der Waals surface area (Å²) in [6, 6.07) is 6.64. The van der Waals surface area contributed by atoms with Crippen LogP contribution in [0.5, 0.6) is 11.5 Å². The molecule has 2 aromatic heterocycles. The number of hydrogen-bond acceptors (Lipinski definition) is 7. The number of hydrogen-bond donors (Lipinski definition) is 2. The van der Waals surface area contributed by atoms with Crippen molar-refractivity contribution in [2.75, 3.05) is 40.0 Å². The van der Waals surface area contributed by atoms with E-state index in [0.29, 0.717) is 42.2 Å². The summed E-state index contributed by atoms with van der Waals surface area (Å²) in [6.07, 6.45) is 5.07. The predicted octanol–water partition coefficient (Wildman–Crippen LogP) is 3.04. The van der Waals surface area contributed by atoms with E-state index in [4.69, 9.17) is 14.2 Å². The maximum absolute atomic E-state index is 13.3. The number of fused-ring (bicyclic) bond motifs is 1. The van der Waals surface area contributed by atoms with Crippen LogP contribution < -0.4 is 14.8 Å². The molecular formula is C26H30F2N4O5. The van der Waals surface area contributed by atoms with Crippen molar-refractivity contribution in [1.82, 2.24) is 19.6 Å². The Bertz CT molecular complexity index is 1290. The van der Waals surface area contributed by atoms with Crippen LogP contribution in [0.3, 0.4) is 0 Å². The molecule has 1 amide bonds. The van der Waals surface area contributed by atoms with Crippen LogP contribution >= 0.6 is 0 Å². The van der Waals surface area contributed by atoms with Gasteiger partial charge in [0.15, 0.2) is 0 Å². The quantitative estimate of drug-likeness (QED) is 0.451. The summed E-state index contributed by atoms with van der Waals surface area (Å²) >= 11 is 0. The fraction of sp³-hybridized carbons (Fsp3) is 0.462. The summed E-state index contributed by atoms with van der Waals surface area (Å²) in [7, 11) is 1.37. The zero-order valence-corrected chi connectivity index (χ0v) is 20.7. The highest BCUT2D eigenvalue weighted by molar-refractivity contribution is 6.01. The Morgan fingerprint density at radius 1 is 1.27 bits per heavy atom. The molecule has 1 aromatic carbocycles. The van der Waals surface area contributed by atoms with E-state index < -0.39 is 18.1 Å². The zero-order chi connectivity index (χ0) is 26.2. The van der Waals surface area contributed by atoms with Gasteiger partial charge in [-0.15, -0.1) is 0 Å². The monoisotopic (exact) mass is 516 g/mol. The van der Waals surface area contributed by atoms with Crippen LogP contribution in [0.1, 0.15) is 35.7 Å². The summed E-state index contributed by atoms with van der Waals surface area (Å²) in [4.78, 5) is 19.4. The van der Waals surface area contributed by atoms with E-state index in [1.807, 2.05) is 6.07 Å². The van der Waals surface area contributed by atoms with E-state index in [2.05, 4.69) is 15.2 Å². The highest BCUT2D eigenvalue weighted by atomic mass is 19.3. The highest BCUT2D eigenvalue weighted by Gasteiger charge is 2.30. The Labute approximate surface area is 212 Å². The number of rotatable bonds is 9. The maximum atomic E-state index is 13.3. The van der Waals surface area contributed by atoms with E-state index in [-0.39, 0.29) is 23.1 Å². The molecule has 0 bridgehead atoms. The molecule has 1 unspecified atom stereocenters. The Kier molecular flexibility index (Phi) is 7.02. The van der Waals surface area contributed by atoms with Gasteiger partial charge in [-0.05, 0) is 49.6 Å². The molecule has 3 heterocycles. The number of imidazole rings is 1. The molecule has 1 saturated heterocycles. The van der Waals surface area contributed by atoms with Crippen molar-refractivity contribution in [3.8, 4) is 22.8 Å². The minimum atomic E-state index is -3.12. The summed E-state index contributed by atoms with van der Waals surface area (Å²) in [5.41, 5.74) is 1.16. The van der Waals surface area contributed by atoms with E-state index in [9.17, 15) is 18.7 Å². The van der Waals surface area contributed by atoms with Crippen LogP contribution in [0.4, 0.5) is 8.78 Å². The third kappa shape index (κ3) is 5.53. The molecule has 0 radical (unpaired) electrons. The first-order valence-electron chi connectivity index (χ1n) is 12.2. The summed E-state index contributed by atoms with van der Waals surface area (Å²) < 4.78 is 43.9. The highest BCUT2D eigenvalue weighted by Crippen LogP contribution is 2.37. The average Bonchev–Trinajstić information content (AvgIpc) is 3.57. The second-order valence-corrected chi connectivity index (χ2v) is 9.63. The van der Waals surface area contributed by atoms with Crippen LogP contribution in [-0.4, -0.2) is 77.9 Å². The lowest BCUT2D eigenvalue weighted by molar-refractivity contribution is -0.0502. The van der Waals surface area contributed by atoms with E-state index in [0.717, 1.165) is 25.9 Å². The van der Waals surface area contributed by atoms with Gasteiger partial charge in [-0.25, -0.2) is 4.98 Å². The Balaban J connectivity index is 1.49. The van der Waals surface area contributed by atoms with Gasteiger partial charge in [-0.3, -0.25) is 14.1 Å². The molecule has 198 valence electrons. The first-order chi connectivity index (χ1) is 17.7. The van der Waals surface area contributed by atoms with Crippen LogP contribution in [0.15, 0.2) is 36.7 Å². The zero-order valence-electron chi connectivity index (χ0n) is 20.7. The van der Waals surface area contributed by atoms with Crippen molar-refractivity contribution in [3.63, 3.8) is 0 Å². The molecular weight excluding hydrogens is 486 g/mol. The topological polar surface area (TPSA) is 97.6 Å². The number of ether oxygens (including phenoxy) is 3. The predicted molar refractivity (Wildman–Crippen MR) is 131 cm³/mol. The third-order valence-electron chi connectivity index (χ3n) is 6.71. The normalized spacial score (nSPS) is 18.1. The van der Waals surface area contributed by atoms with Crippen LogP contribution in [0.25, 0.3) is 16.9 Å². The summed E-state index contributed by atoms with van der Waals surface area (Å²) in [5, 5.41) is 14.0. The van der Waals surface area contributed by atoms with Gasteiger partial charge in [-0.2, -0.15) is 8.78 Å². The number of morpholine rings is 1. The standard InChI is InChI=1S/C26H30F2N4O5/c1-26(34,15-31-7-9-36-10-8-31)17-5-6-32-19(14-29-22(32)13-17)16-11-20(35-2)23(21(12-16)37-25(27)28)24(33)30-18-3-4-18/h5-6,11-14,18,25,34H,3-4,7-10,15H2,1-2H3,(H,30,33). The number of β-amino-alcohol motifs (C(OH)–C–C–N with tert-alkyl or cyclic N) is 1. The SMILES string of the molecule is COc1cc(-c2cnc3cc(C(C)(O)CN4CCOCC4)ccn23)cc(OC(F)F)c1C(=O)NC1CC1. The smallest absolute Gasteiger partial charge is 0.387 e. The molecule has 37 heavy (non-hydrogen) atoms. The molecule has 11 heteroatoms. The van der Waals surface area contributed by atoms with E-state index in [1.54, 1.807) is 35.9 Å². The number of carbonyl (C=O) groups is 1. The molecule has 5 rings (SSSR count). The van der Waals surface area contributed by atoms with Gasteiger partial charge < -0.3 is 24.6 Å². The lowest BCUT2D eigenvalue weighted by atomic mass is 9.96. The van der Waals surface area contributed by atoms with Crippen molar-refractivity contribution in [2.45, 2.75) is 38.0 Å². The largest absolute Gasteiger partial charge is 0.496 e. The molecule has 2 N–H and O–H groups in total. The van der Waals surface area contributed by atoms with Crippen LogP contribution in [-0.2, 0) is 10.3 Å². The van der Waals surface area contributed by atoms with E-state index in [1.165, 1.54) is 13.2 Å². The van der Waals surface area contributed by atoms with Gasteiger partial charge in [-0.1, -0.05) is 0 Å². The van der Waals surface area contributed by atoms with Gasteiger partial charge >= 0.3 is 6.61 Å². The van der Waals surface area contributed by atoms with Crippen molar-refractivity contribution in [2.24, 2.45) is 0 Å². The minimum Gasteiger partial charge on any atom is -0.496 e. The number of aliphatic hydroxyl groups is 1. The number of nitrogens with zero attached hydrogens (tertiary/aromatic N) is 3. The molecule has 2 fully saturated rings. The Morgan fingerprint density at radius 3 is 2.68 bits per heavy atom. The molecule has 1 atom stereocenters. The number of carbonyl (C=O) groups excluding carboxylic acids is 1. The van der Waals surface area contributed by atoms with Gasteiger partial charge in [0.05, 0.1) is 37.8 Å². The number of nitrogens with one attached hydrogen (secondary N) is 1. The van der Waals surface area contributed by atoms with Gasteiger partial charge in [0.1, 0.15) is 22.7 Å². The van der Waals surface area contributed by atoms with E-state index >= 15 is 0 Å². The molecule has 1 aliphatic carbocycles. The molecule has 1 aliphatic heterocycles. The number of methoxy groups -OCH3 is 1. The number of alkyl halides is 2. The lowest BCUT2D eigenvalue weighted by Crippen LogP contribution is -2.44. The van der Waals surface area contributed by atoms with Crippen LogP contribution in [0, 0.1) is 0 Å². The number of halogens is 2. The third-order valence-corrected chi connectivity index (χ3v) is 6.71. The number of amides is 1. The second-order valence-electron chi connectivity index (χ2n) is 9.63. The summed E-state index contributed by atoms with van der Waals surface area (Å²) in [5.74, 6) is -0.680. The Hall–Kier alpha value is -3.28. The van der Waals surface area contributed by atoms with Crippen molar-refractivity contribution < 1.29 is 32.9 Å². The van der Waals surface area contributed by atoms with Gasteiger partial charge in [0, 0.05) is 37.4 Å².